The number of allylic oxidation sites excluding steroid dienone is 1. The van der Waals surface area contributed by atoms with Crippen LogP contribution in [0.3, 0.4) is 0 Å². The van der Waals surface area contributed by atoms with Gasteiger partial charge in [-0.2, -0.15) is 0 Å². The number of hydrogen-bond acceptors (Lipinski definition) is 5. The van der Waals surface area contributed by atoms with Gasteiger partial charge in [0.2, 0.25) is 5.91 Å². The molecule has 1 heterocycles. The van der Waals surface area contributed by atoms with Crippen LogP contribution in [0.2, 0.25) is 0 Å². The van der Waals surface area contributed by atoms with Crippen LogP contribution in [0.4, 0.5) is 10.1 Å². The number of carbonyl (C=O) groups excluding carboxylic acids is 1. The van der Waals surface area contributed by atoms with Crippen molar-refractivity contribution < 1.29 is 9.18 Å². The van der Waals surface area contributed by atoms with E-state index in [1.807, 2.05) is 0 Å². The number of carbonyl (C=O) groups is 1. The number of amidine groups is 1. The molecule has 27 heavy (non-hydrogen) atoms. The number of hydrogen-bond donors (Lipinski definition) is 5. The zero-order valence-electron chi connectivity index (χ0n) is 15.7. The van der Waals surface area contributed by atoms with Gasteiger partial charge in [0.25, 0.3) is 0 Å². The molecule has 0 unspecified atom stereocenters. The fraction of sp³-hybridized carbons (Fsp3) is 0.316. The average Bonchev–Trinajstić information content (AvgIpc) is 2.67. The minimum absolute atomic E-state index is 0.0374. The Bertz CT molecular complexity index is 814. The molecule has 8 heteroatoms. The number of benzene rings is 1. The molecular formula is C19H25FN6O. The number of anilines is 1. The van der Waals surface area contributed by atoms with Gasteiger partial charge in [0.1, 0.15) is 5.84 Å². The molecule has 0 saturated carbocycles. The normalized spacial score (nSPS) is 14.7. The molecule has 1 aromatic carbocycles. The van der Waals surface area contributed by atoms with Gasteiger partial charge in [-0.15, -0.1) is 0 Å². The first-order valence-electron chi connectivity index (χ1n) is 8.60. The van der Waals surface area contributed by atoms with Crippen molar-refractivity contribution in [3.63, 3.8) is 0 Å². The van der Waals surface area contributed by atoms with Crippen LogP contribution in [0.25, 0.3) is 5.57 Å². The summed E-state index contributed by atoms with van der Waals surface area (Å²) in [4.78, 5) is 13.3. The van der Waals surface area contributed by atoms with E-state index in [0.29, 0.717) is 30.7 Å². The topological polar surface area (TPSA) is 104 Å². The first-order valence-corrected chi connectivity index (χ1v) is 8.60. The number of nitrogens with zero attached hydrogens (tertiary/aromatic N) is 1. The molecule has 1 aromatic rings. The van der Waals surface area contributed by atoms with E-state index < -0.39 is 5.82 Å². The Kier molecular flexibility index (Phi) is 6.70. The molecule has 1 amide bonds. The molecule has 0 bridgehead atoms. The van der Waals surface area contributed by atoms with Crippen LogP contribution >= 0.6 is 0 Å². The third-order valence-corrected chi connectivity index (χ3v) is 4.42. The first kappa shape index (κ1) is 20.2. The SMILES string of the molecule is CN/C=C(\C=N)c1cccc(NC(=N)C2=C(NC)CCN(C(C)=O)C2)c1F. The lowest BCUT2D eigenvalue weighted by Crippen LogP contribution is -2.40. The van der Waals surface area contributed by atoms with Gasteiger partial charge in [-0.3, -0.25) is 10.2 Å². The summed E-state index contributed by atoms with van der Waals surface area (Å²) in [5, 5.41) is 24.5. The quantitative estimate of drug-likeness (QED) is 0.390. The standard InChI is InChI=1S/C19H25FN6O/c1-12(27)26-8-7-16(24-3)15(11-26)19(22)25-17-6-4-5-14(18(17)20)13(9-21)10-23-2/h4-6,9-10,21,23-24H,7-8,11H2,1-3H3,(H2,22,25)/b13-10+,21-9?. The summed E-state index contributed by atoms with van der Waals surface area (Å²) in [5.74, 6) is -0.565. The van der Waals surface area contributed by atoms with E-state index in [1.165, 1.54) is 13.1 Å². The lowest BCUT2D eigenvalue weighted by Gasteiger charge is -2.30. The summed E-state index contributed by atoms with van der Waals surface area (Å²) in [6, 6.07) is 4.78. The zero-order valence-corrected chi connectivity index (χ0v) is 15.7. The molecule has 0 aromatic heterocycles. The van der Waals surface area contributed by atoms with E-state index in [2.05, 4.69) is 16.0 Å². The van der Waals surface area contributed by atoms with E-state index in [-0.39, 0.29) is 23.0 Å². The maximum absolute atomic E-state index is 14.9. The maximum Gasteiger partial charge on any atom is 0.219 e. The van der Waals surface area contributed by atoms with Gasteiger partial charge in [0.15, 0.2) is 5.82 Å². The third kappa shape index (κ3) is 4.52. The molecule has 5 N–H and O–H groups in total. The van der Waals surface area contributed by atoms with Crippen molar-refractivity contribution in [2.45, 2.75) is 13.3 Å². The van der Waals surface area contributed by atoms with Gasteiger partial charge < -0.3 is 26.3 Å². The average molecular weight is 372 g/mol. The molecule has 2 rings (SSSR count). The Hall–Kier alpha value is -3.16. The van der Waals surface area contributed by atoms with Crippen molar-refractivity contribution in [2.24, 2.45) is 0 Å². The van der Waals surface area contributed by atoms with Crippen LogP contribution in [-0.2, 0) is 4.79 Å². The molecule has 0 spiro atoms. The molecule has 144 valence electrons. The highest BCUT2D eigenvalue weighted by atomic mass is 19.1. The predicted octanol–water partition coefficient (Wildman–Crippen LogP) is 2.15. The van der Waals surface area contributed by atoms with Crippen molar-refractivity contribution in [3.05, 3.63) is 47.0 Å². The molecule has 1 aliphatic heterocycles. The third-order valence-electron chi connectivity index (χ3n) is 4.42. The molecule has 0 fully saturated rings. The molecule has 7 nitrogen and oxygen atoms in total. The molecule has 0 aliphatic carbocycles. The van der Waals surface area contributed by atoms with Crippen molar-refractivity contribution in [3.8, 4) is 0 Å². The minimum Gasteiger partial charge on any atom is -0.393 e. The van der Waals surface area contributed by atoms with E-state index >= 15 is 0 Å². The molecule has 0 atom stereocenters. The Morgan fingerprint density at radius 3 is 2.67 bits per heavy atom. The van der Waals surface area contributed by atoms with Crippen LogP contribution in [0, 0.1) is 16.6 Å². The van der Waals surface area contributed by atoms with Gasteiger partial charge in [-0.25, -0.2) is 4.39 Å². The minimum atomic E-state index is -0.543. The fourth-order valence-corrected chi connectivity index (χ4v) is 2.95. The summed E-state index contributed by atoms with van der Waals surface area (Å²) >= 11 is 0. The number of rotatable bonds is 6. The highest BCUT2D eigenvalue weighted by Crippen LogP contribution is 2.25. The number of nitrogens with one attached hydrogen (secondary N) is 5. The van der Waals surface area contributed by atoms with Gasteiger partial charge in [0.05, 0.1) is 12.2 Å². The number of halogens is 1. The summed E-state index contributed by atoms with van der Waals surface area (Å²) < 4.78 is 14.9. The maximum atomic E-state index is 14.9. The lowest BCUT2D eigenvalue weighted by molar-refractivity contribution is -0.128. The van der Waals surface area contributed by atoms with Crippen molar-refractivity contribution in [1.82, 2.24) is 15.5 Å². The van der Waals surface area contributed by atoms with E-state index in [1.54, 1.807) is 37.2 Å². The van der Waals surface area contributed by atoms with Gasteiger partial charge >= 0.3 is 0 Å². The second-order valence-electron chi connectivity index (χ2n) is 6.10. The van der Waals surface area contributed by atoms with Crippen LogP contribution in [0.5, 0.6) is 0 Å². The Morgan fingerprint density at radius 2 is 2.07 bits per heavy atom. The Labute approximate surface area is 158 Å². The fourth-order valence-electron chi connectivity index (χ4n) is 2.95. The largest absolute Gasteiger partial charge is 0.393 e. The van der Waals surface area contributed by atoms with Crippen LogP contribution < -0.4 is 16.0 Å². The second kappa shape index (κ2) is 8.98. The van der Waals surface area contributed by atoms with Gasteiger partial charge in [-0.1, -0.05) is 12.1 Å². The van der Waals surface area contributed by atoms with E-state index in [9.17, 15) is 9.18 Å². The van der Waals surface area contributed by atoms with Crippen LogP contribution in [0.1, 0.15) is 18.9 Å². The zero-order chi connectivity index (χ0) is 20.0. The molecular weight excluding hydrogens is 347 g/mol. The van der Waals surface area contributed by atoms with Crippen LogP contribution in [-0.4, -0.2) is 50.0 Å². The van der Waals surface area contributed by atoms with Gasteiger partial charge in [0, 0.05) is 68.8 Å². The lowest BCUT2D eigenvalue weighted by atomic mass is 10.0. The summed E-state index contributed by atoms with van der Waals surface area (Å²) in [6.07, 6.45) is 3.21. The smallest absolute Gasteiger partial charge is 0.219 e. The molecule has 0 saturated heterocycles. The molecule has 0 radical (unpaired) electrons. The highest BCUT2D eigenvalue weighted by Gasteiger charge is 2.23. The van der Waals surface area contributed by atoms with Gasteiger partial charge in [-0.05, 0) is 6.07 Å². The predicted molar refractivity (Wildman–Crippen MR) is 107 cm³/mol. The van der Waals surface area contributed by atoms with Crippen molar-refractivity contribution in [1.29, 1.82) is 10.8 Å². The number of amides is 1. The summed E-state index contributed by atoms with van der Waals surface area (Å²) in [6.45, 7) is 2.38. The monoisotopic (exact) mass is 372 g/mol. The van der Waals surface area contributed by atoms with Crippen molar-refractivity contribution >= 4 is 29.2 Å². The Morgan fingerprint density at radius 1 is 1.33 bits per heavy atom. The van der Waals surface area contributed by atoms with E-state index in [0.717, 1.165) is 11.9 Å². The summed E-state index contributed by atoms with van der Waals surface area (Å²) in [5.41, 5.74) is 2.28. The first-order chi connectivity index (χ1) is 12.9. The van der Waals surface area contributed by atoms with E-state index in [4.69, 9.17) is 10.8 Å². The second-order valence-corrected chi connectivity index (χ2v) is 6.10. The molecule has 1 aliphatic rings. The highest BCUT2D eigenvalue weighted by molar-refractivity contribution is 6.10. The Balaban J connectivity index is 2.32. The summed E-state index contributed by atoms with van der Waals surface area (Å²) in [7, 11) is 3.45. The van der Waals surface area contributed by atoms with Crippen LogP contribution in [0.15, 0.2) is 35.7 Å². The van der Waals surface area contributed by atoms with Crippen molar-refractivity contribution in [2.75, 3.05) is 32.5 Å².